The smallest absolute Gasteiger partial charge is 0.277 e. The third-order valence-corrected chi connectivity index (χ3v) is 3.00. The van der Waals surface area contributed by atoms with Gasteiger partial charge >= 0.3 is 0 Å². The number of amides is 1. The summed E-state index contributed by atoms with van der Waals surface area (Å²) in [6.07, 6.45) is 3.35. The first-order valence-electron chi connectivity index (χ1n) is 6.49. The molecule has 0 radical (unpaired) electrons. The minimum absolute atomic E-state index is 0.0333. The van der Waals surface area contributed by atoms with Crippen LogP contribution in [0.5, 0.6) is 0 Å². The lowest BCUT2D eigenvalue weighted by molar-refractivity contribution is 0.0682. The number of nitrogen functional groups attached to an aromatic ring is 1. The van der Waals surface area contributed by atoms with Crippen LogP contribution in [0, 0.1) is 0 Å². The topological polar surface area (TPSA) is 77.0 Å². The molecule has 2 heterocycles. The van der Waals surface area contributed by atoms with Crippen LogP contribution in [-0.2, 0) is 13.6 Å². The maximum Gasteiger partial charge on any atom is 0.277 e. The Morgan fingerprint density at radius 2 is 2.20 bits per heavy atom. The van der Waals surface area contributed by atoms with Crippen LogP contribution < -0.4 is 5.73 Å². The van der Waals surface area contributed by atoms with Crippen LogP contribution in [0.2, 0.25) is 0 Å². The average molecular weight is 273 g/mol. The van der Waals surface area contributed by atoms with Crippen molar-refractivity contribution in [2.45, 2.75) is 26.4 Å². The molecule has 0 fully saturated rings. The third-order valence-electron chi connectivity index (χ3n) is 3.00. The van der Waals surface area contributed by atoms with Gasteiger partial charge in [-0.1, -0.05) is 6.07 Å². The number of nitrogens with two attached hydrogens (primary N) is 1. The molecule has 2 aromatic heterocycles. The molecule has 6 heteroatoms. The Kier molecular flexibility index (Phi) is 4.02. The Bertz CT molecular complexity index is 591. The van der Waals surface area contributed by atoms with Gasteiger partial charge in [0.1, 0.15) is 0 Å². The fourth-order valence-corrected chi connectivity index (χ4v) is 1.96. The first-order chi connectivity index (χ1) is 9.49. The van der Waals surface area contributed by atoms with Gasteiger partial charge in [-0.3, -0.25) is 14.5 Å². The minimum Gasteiger partial charge on any atom is -0.396 e. The van der Waals surface area contributed by atoms with Crippen LogP contribution in [-0.4, -0.2) is 31.6 Å². The molecule has 0 aliphatic rings. The van der Waals surface area contributed by atoms with Crippen molar-refractivity contribution in [3.05, 3.63) is 42.0 Å². The van der Waals surface area contributed by atoms with E-state index in [2.05, 4.69) is 10.1 Å². The number of aromatic nitrogens is 3. The van der Waals surface area contributed by atoms with Crippen molar-refractivity contribution in [3.8, 4) is 0 Å². The van der Waals surface area contributed by atoms with Gasteiger partial charge in [-0.05, 0) is 26.0 Å². The summed E-state index contributed by atoms with van der Waals surface area (Å²) in [5.41, 5.74) is 7.35. The molecule has 20 heavy (non-hydrogen) atoms. The van der Waals surface area contributed by atoms with Gasteiger partial charge in [0.05, 0.1) is 17.9 Å². The average Bonchev–Trinajstić information content (AvgIpc) is 2.75. The van der Waals surface area contributed by atoms with E-state index in [4.69, 9.17) is 5.73 Å². The summed E-state index contributed by atoms with van der Waals surface area (Å²) in [6.45, 7) is 4.35. The zero-order valence-corrected chi connectivity index (χ0v) is 11.9. The Hall–Kier alpha value is -2.37. The highest BCUT2D eigenvalue weighted by molar-refractivity contribution is 5.97. The van der Waals surface area contributed by atoms with Crippen LogP contribution in [0.25, 0.3) is 0 Å². The van der Waals surface area contributed by atoms with Gasteiger partial charge in [-0.25, -0.2) is 0 Å². The summed E-state index contributed by atoms with van der Waals surface area (Å²) in [7, 11) is 1.74. The van der Waals surface area contributed by atoms with Crippen molar-refractivity contribution in [2.24, 2.45) is 7.05 Å². The van der Waals surface area contributed by atoms with E-state index in [1.807, 2.05) is 32.0 Å². The van der Waals surface area contributed by atoms with E-state index in [-0.39, 0.29) is 17.6 Å². The van der Waals surface area contributed by atoms with Crippen molar-refractivity contribution in [3.63, 3.8) is 0 Å². The van der Waals surface area contributed by atoms with Gasteiger partial charge in [-0.2, -0.15) is 5.10 Å². The second kappa shape index (κ2) is 5.73. The lowest BCUT2D eigenvalue weighted by Crippen LogP contribution is -2.37. The Morgan fingerprint density at radius 3 is 2.70 bits per heavy atom. The first-order valence-corrected chi connectivity index (χ1v) is 6.49. The van der Waals surface area contributed by atoms with Crippen LogP contribution >= 0.6 is 0 Å². The molecule has 0 aliphatic heterocycles. The lowest BCUT2D eigenvalue weighted by atomic mass is 10.2. The number of anilines is 1. The molecule has 0 saturated heterocycles. The number of hydrogen-bond donors (Lipinski definition) is 1. The van der Waals surface area contributed by atoms with Gasteiger partial charge in [0.25, 0.3) is 5.91 Å². The minimum atomic E-state index is -0.177. The molecule has 2 aromatic rings. The van der Waals surface area contributed by atoms with E-state index in [0.717, 1.165) is 5.69 Å². The van der Waals surface area contributed by atoms with E-state index in [1.54, 1.807) is 29.0 Å². The quantitative estimate of drug-likeness (QED) is 0.914. The van der Waals surface area contributed by atoms with E-state index < -0.39 is 0 Å². The first kappa shape index (κ1) is 14.0. The summed E-state index contributed by atoms with van der Waals surface area (Å²) in [4.78, 5) is 18.5. The lowest BCUT2D eigenvalue weighted by Gasteiger charge is -2.25. The zero-order valence-electron chi connectivity index (χ0n) is 11.9. The Balaban J connectivity index is 2.25. The fraction of sp³-hybridized carbons (Fsp3) is 0.357. The monoisotopic (exact) mass is 273 g/mol. The summed E-state index contributed by atoms with van der Waals surface area (Å²) in [5.74, 6) is -0.177. The second-order valence-corrected chi connectivity index (χ2v) is 4.95. The molecule has 0 atom stereocenters. The highest BCUT2D eigenvalue weighted by atomic mass is 16.2. The number of aryl methyl sites for hydroxylation is 1. The normalized spacial score (nSPS) is 10.8. The zero-order chi connectivity index (χ0) is 14.7. The summed E-state index contributed by atoms with van der Waals surface area (Å²) in [5, 5.41) is 4.14. The largest absolute Gasteiger partial charge is 0.396 e. The van der Waals surface area contributed by atoms with Gasteiger partial charge in [-0.15, -0.1) is 0 Å². The number of carbonyl (C=O) groups is 1. The molecule has 1 amide bonds. The molecular weight excluding hydrogens is 254 g/mol. The van der Waals surface area contributed by atoms with Crippen molar-refractivity contribution < 1.29 is 4.79 Å². The molecule has 0 bridgehead atoms. The molecule has 0 saturated carbocycles. The van der Waals surface area contributed by atoms with Gasteiger partial charge < -0.3 is 10.6 Å². The number of hydrogen-bond acceptors (Lipinski definition) is 4. The molecule has 0 unspecified atom stereocenters. The fourth-order valence-electron chi connectivity index (χ4n) is 1.96. The van der Waals surface area contributed by atoms with E-state index in [1.165, 1.54) is 0 Å². The van der Waals surface area contributed by atoms with Gasteiger partial charge in [0.15, 0.2) is 5.69 Å². The SMILES string of the molecule is CC(C)N(Cc1ccccn1)C(=O)c1nn(C)cc1N. The van der Waals surface area contributed by atoms with Crippen LogP contribution in [0.3, 0.4) is 0 Å². The number of nitrogens with zero attached hydrogens (tertiary/aromatic N) is 4. The van der Waals surface area contributed by atoms with Crippen molar-refractivity contribution >= 4 is 11.6 Å². The standard InChI is InChI=1S/C14H19N5O/c1-10(2)19(8-11-6-4-5-7-16-11)14(20)13-12(15)9-18(3)17-13/h4-7,9-10H,8,15H2,1-3H3. The third kappa shape index (κ3) is 2.96. The Labute approximate surface area is 118 Å². The predicted octanol–water partition coefficient (Wildman–Crippen LogP) is 1.45. The van der Waals surface area contributed by atoms with Crippen molar-refractivity contribution in [1.82, 2.24) is 19.7 Å². The van der Waals surface area contributed by atoms with Gasteiger partial charge in [0.2, 0.25) is 0 Å². The molecule has 2 rings (SSSR count). The Morgan fingerprint density at radius 1 is 1.45 bits per heavy atom. The highest BCUT2D eigenvalue weighted by Crippen LogP contribution is 2.15. The second-order valence-electron chi connectivity index (χ2n) is 4.95. The summed E-state index contributed by atoms with van der Waals surface area (Å²) in [6, 6.07) is 5.68. The number of pyridine rings is 1. The maximum absolute atomic E-state index is 12.6. The molecular formula is C14H19N5O. The predicted molar refractivity (Wildman–Crippen MR) is 76.9 cm³/mol. The molecule has 2 N–H and O–H groups in total. The molecule has 6 nitrogen and oxygen atoms in total. The van der Waals surface area contributed by atoms with Crippen LogP contribution in [0.1, 0.15) is 30.0 Å². The van der Waals surface area contributed by atoms with Crippen LogP contribution in [0.15, 0.2) is 30.6 Å². The molecule has 0 aliphatic carbocycles. The number of carbonyl (C=O) groups excluding carboxylic acids is 1. The molecule has 106 valence electrons. The van der Waals surface area contributed by atoms with Crippen molar-refractivity contribution in [1.29, 1.82) is 0 Å². The van der Waals surface area contributed by atoms with Gasteiger partial charge in [0, 0.05) is 25.5 Å². The number of rotatable bonds is 4. The highest BCUT2D eigenvalue weighted by Gasteiger charge is 2.23. The van der Waals surface area contributed by atoms with Crippen molar-refractivity contribution in [2.75, 3.05) is 5.73 Å². The van der Waals surface area contributed by atoms with E-state index in [9.17, 15) is 4.79 Å². The molecule has 0 spiro atoms. The molecule has 0 aromatic carbocycles. The summed E-state index contributed by atoms with van der Waals surface area (Å²) < 4.78 is 1.54. The maximum atomic E-state index is 12.6. The van der Waals surface area contributed by atoms with Crippen LogP contribution in [0.4, 0.5) is 5.69 Å². The van der Waals surface area contributed by atoms with E-state index in [0.29, 0.717) is 12.2 Å². The summed E-state index contributed by atoms with van der Waals surface area (Å²) >= 11 is 0. The van der Waals surface area contributed by atoms with E-state index >= 15 is 0 Å².